The average molecular weight is 231 g/mol. The zero-order valence-corrected chi connectivity index (χ0v) is 8.51. The van der Waals surface area contributed by atoms with Gasteiger partial charge in [0.25, 0.3) is 0 Å². The Kier molecular flexibility index (Phi) is 3.11. The third-order valence-corrected chi connectivity index (χ3v) is 2.52. The number of alkyl halides is 3. The smallest absolute Gasteiger partial charge is 0.314 e. The first kappa shape index (κ1) is 11.3. The van der Waals surface area contributed by atoms with Crippen LogP contribution < -0.4 is 10.6 Å². The molecule has 1 unspecified atom stereocenters. The zero-order chi connectivity index (χ0) is 11.6. The molecular formula is C10H12F3N3. The summed E-state index contributed by atoms with van der Waals surface area (Å²) in [6.45, 7) is 2.24. The molecule has 6 heteroatoms. The van der Waals surface area contributed by atoms with Crippen molar-refractivity contribution in [1.29, 1.82) is 0 Å². The number of rotatable bonds is 1. The Labute approximate surface area is 91.1 Å². The van der Waals surface area contributed by atoms with E-state index < -0.39 is 11.9 Å². The van der Waals surface area contributed by atoms with Crippen molar-refractivity contribution in [3.05, 3.63) is 29.6 Å². The second kappa shape index (κ2) is 4.39. The van der Waals surface area contributed by atoms with Crippen LogP contribution in [0.3, 0.4) is 0 Å². The maximum absolute atomic E-state index is 12.4. The summed E-state index contributed by atoms with van der Waals surface area (Å²) < 4.78 is 37.3. The quantitative estimate of drug-likeness (QED) is 0.765. The van der Waals surface area contributed by atoms with Crippen LogP contribution in [0.25, 0.3) is 0 Å². The van der Waals surface area contributed by atoms with Crippen LogP contribution in [0.2, 0.25) is 0 Å². The molecule has 2 rings (SSSR count). The summed E-state index contributed by atoms with van der Waals surface area (Å²) in [4.78, 5) is 3.33. The van der Waals surface area contributed by atoms with Crippen LogP contribution in [0.4, 0.5) is 13.2 Å². The van der Waals surface area contributed by atoms with Crippen LogP contribution in [0, 0.1) is 0 Å². The Morgan fingerprint density at radius 2 is 2.12 bits per heavy atom. The number of halogens is 3. The minimum Gasteiger partial charge on any atom is -0.314 e. The van der Waals surface area contributed by atoms with Crippen molar-refractivity contribution < 1.29 is 13.2 Å². The van der Waals surface area contributed by atoms with Crippen LogP contribution in [0.5, 0.6) is 0 Å². The van der Waals surface area contributed by atoms with Gasteiger partial charge in [-0.15, -0.1) is 0 Å². The lowest BCUT2D eigenvalue weighted by Crippen LogP contribution is -2.42. The molecule has 2 N–H and O–H groups in total. The van der Waals surface area contributed by atoms with Gasteiger partial charge in [-0.3, -0.25) is 4.98 Å². The second-order valence-corrected chi connectivity index (χ2v) is 3.68. The van der Waals surface area contributed by atoms with Gasteiger partial charge in [0.2, 0.25) is 0 Å². The van der Waals surface area contributed by atoms with E-state index >= 15 is 0 Å². The van der Waals surface area contributed by atoms with Crippen molar-refractivity contribution in [3.63, 3.8) is 0 Å². The van der Waals surface area contributed by atoms with Gasteiger partial charge in [0.05, 0.1) is 0 Å². The van der Waals surface area contributed by atoms with E-state index in [4.69, 9.17) is 0 Å². The molecule has 16 heavy (non-hydrogen) atoms. The lowest BCUT2D eigenvalue weighted by molar-refractivity contribution is -0.141. The summed E-state index contributed by atoms with van der Waals surface area (Å²) >= 11 is 0. The molecule has 1 fully saturated rings. The molecular weight excluding hydrogens is 219 g/mol. The molecule has 2 heterocycles. The summed E-state index contributed by atoms with van der Waals surface area (Å²) in [5, 5.41) is 6.28. The number of hydrogen-bond donors (Lipinski definition) is 2. The van der Waals surface area contributed by atoms with Crippen molar-refractivity contribution in [2.75, 3.05) is 19.6 Å². The topological polar surface area (TPSA) is 37.0 Å². The molecule has 1 saturated heterocycles. The number of nitrogens with zero attached hydrogens (tertiary/aromatic N) is 1. The zero-order valence-electron chi connectivity index (χ0n) is 8.51. The maximum atomic E-state index is 12.4. The summed E-state index contributed by atoms with van der Waals surface area (Å²) in [5.74, 6) is 0. The number of pyridine rings is 1. The molecule has 1 aliphatic heterocycles. The number of hydrogen-bond acceptors (Lipinski definition) is 3. The predicted octanol–water partition coefficient (Wildman–Crippen LogP) is 1.33. The molecule has 1 aromatic rings. The highest BCUT2D eigenvalue weighted by molar-refractivity contribution is 5.22. The normalized spacial score (nSPS) is 22.1. The molecule has 0 bridgehead atoms. The van der Waals surface area contributed by atoms with Crippen LogP contribution in [-0.4, -0.2) is 24.6 Å². The first-order valence-electron chi connectivity index (χ1n) is 5.04. The highest BCUT2D eigenvalue weighted by Gasteiger charge is 2.33. The molecule has 3 nitrogen and oxygen atoms in total. The fourth-order valence-corrected chi connectivity index (χ4v) is 1.71. The molecule has 0 spiro atoms. The van der Waals surface area contributed by atoms with E-state index in [0.29, 0.717) is 12.1 Å². The van der Waals surface area contributed by atoms with Gasteiger partial charge < -0.3 is 10.6 Å². The fourth-order valence-electron chi connectivity index (χ4n) is 1.71. The first-order valence-corrected chi connectivity index (χ1v) is 5.04. The number of piperazine rings is 1. The molecule has 0 saturated carbocycles. The van der Waals surface area contributed by atoms with Gasteiger partial charge in [-0.05, 0) is 17.7 Å². The maximum Gasteiger partial charge on any atom is 0.433 e. The molecule has 0 aromatic carbocycles. The summed E-state index contributed by atoms with van der Waals surface area (Å²) in [5.41, 5.74) is -0.216. The number of aromatic nitrogens is 1. The summed E-state index contributed by atoms with van der Waals surface area (Å²) in [6.07, 6.45) is -3.17. The minimum atomic E-state index is -4.38. The van der Waals surface area contributed by atoms with Crippen molar-refractivity contribution in [1.82, 2.24) is 15.6 Å². The molecule has 0 aliphatic carbocycles. The SMILES string of the molecule is FC(F)(F)c1cc(C2CNCCN2)ccn1. The van der Waals surface area contributed by atoms with E-state index in [9.17, 15) is 13.2 Å². The molecule has 1 aliphatic rings. The van der Waals surface area contributed by atoms with E-state index in [1.165, 1.54) is 6.20 Å². The fraction of sp³-hybridized carbons (Fsp3) is 0.500. The van der Waals surface area contributed by atoms with Crippen LogP contribution >= 0.6 is 0 Å². The van der Waals surface area contributed by atoms with E-state index in [-0.39, 0.29) is 6.04 Å². The average Bonchev–Trinajstić information content (AvgIpc) is 2.29. The summed E-state index contributed by atoms with van der Waals surface area (Å²) in [7, 11) is 0. The highest BCUT2D eigenvalue weighted by atomic mass is 19.4. The van der Waals surface area contributed by atoms with E-state index in [1.54, 1.807) is 6.07 Å². The lowest BCUT2D eigenvalue weighted by Gasteiger charge is -2.25. The second-order valence-electron chi connectivity index (χ2n) is 3.68. The van der Waals surface area contributed by atoms with Crippen LogP contribution in [0.1, 0.15) is 17.3 Å². The monoisotopic (exact) mass is 231 g/mol. The predicted molar refractivity (Wildman–Crippen MR) is 52.9 cm³/mol. The van der Waals surface area contributed by atoms with Crippen LogP contribution in [-0.2, 0) is 6.18 Å². The third kappa shape index (κ3) is 2.51. The Morgan fingerprint density at radius 3 is 2.75 bits per heavy atom. The van der Waals surface area contributed by atoms with E-state index in [1.807, 2.05) is 0 Å². The largest absolute Gasteiger partial charge is 0.433 e. The van der Waals surface area contributed by atoms with Crippen molar-refractivity contribution in [3.8, 4) is 0 Å². The van der Waals surface area contributed by atoms with Gasteiger partial charge in [0.15, 0.2) is 0 Å². The summed E-state index contributed by atoms with van der Waals surface area (Å²) in [6, 6.07) is 2.64. The number of nitrogens with one attached hydrogen (secondary N) is 2. The Balaban J connectivity index is 2.21. The Bertz CT molecular complexity index is 359. The standard InChI is InChI=1S/C10H12F3N3/c11-10(12,13)9-5-7(1-2-16-9)8-6-14-3-4-15-8/h1-2,5,8,14-15H,3-4,6H2. The van der Waals surface area contributed by atoms with Gasteiger partial charge in [-0.2, -0.15) is 13.2 Å². The Hall–Kier alpha value is -1.14. The van der Waals surface area contributed by atoms with Crippen molar-refractivity contribution in [2.45, 2.75) is 12.2 Å². The lowest BCUT2D eigenvalue weighted by atomic mass is 10.1. The minimum absolute atomic E-state index is 0.0714. The molecule has 0 amide bonds. The third-order valence-electron chi connectivity index (χ3n) is 2.52. The highest BCUT2D eigenvalue weighted by Crippen LogP contribution is 2.28. The van der Waals surface area contributed by atoms with Gasteiger partial charge in [0, 0.05) is 31.9 Å². The van der Waals surface area contributed by atoms with Gasteiger partial charge >= 0.3 is 6.18 Å². The molecule has 0 radical (unpaired) electrons. The van der Waals surface area contributed by atoms with Gasteiger partial charge in [-0.1, -0.05) is 0 Å². The van der Waals surface area contributed by atoms with Crippen LogP contribution in [0.15, 0.2) is 18.3 Å². The molecule has 1 aromatic heterocycles. The van der Waals surface area contributed by atoms with Gasteiger partial charge in [0.1, 0.15) is 5.69 Å². The first-order chi connectivity index (χ1) is 7.57. The van der Waals surface area contributed by atoms with E-state index in [0.717, 1.165) is 19.2 Å². The Morgan fingerprint density at radius 1 is 1.31 bits per heavy atom. The van der Waals surface area contributed by atoms with Crippen molar-refractivity contribution in [2.24, 2.45) is 0 Å². The van der Waals surface area contributed by atoms with E-state index in [2.05, 4.69) is 15.6 Å². The molecule has 1 atom stereocenters. The van der Waals surface area contributed by atoms with Gasteiger partial charge in [-0.25, -0.2) is 0 Å². The molecule has 88 valence electrons. The van der Waals surface area contributed by atoms with Crippen molar-refractivity contribution >= 4 is 0 Å².